The molecule has 0 bridgehead atoms. The summed E-state index contributed by atoms with van der Waals surface area (Å²) in [4.78, 5) is 3.94. The molecule has 12 rings (SSSR count). The van der Waals surface area contributed by atoms with Gasteiger partial charge in [-0.25, -0.2) is 0 Å². The monoisotopic (exact) mass is 808 g/mol. The molecule has 3 nitrogen and oxygen atoms in total. The molecule has 298 valence electrons. The third-order valence-corrected chi connectivity index (χ3v) is 14.8. The van der Waals surface area contributed by atoms with Crippen LogP contribution in [0.5, 0.6) is 0 Å². The lowest BCUT2D eigenvalue weighted by atomic mass is 9.43. The summed E-state index contributed by atoms with van der Waals surface area (Å²) in [7, 11) is 0. The highest BCUT2D eigenvalue weighted by molar-refractivity contribution is 7.22. The highest BCUT2D eigenvalue weighted by Gasteiger charge is 2.46. The molecule has 10 aromatic rings. The minimum atomic E-state index is -0.123. The van der Waals surface area contributed by atoms with E-state index in [1.165, 1.54) is 104 Å². The molecular formula is C56H49BN2OS. The number of thiophene rings is 1. The predicted octanol–water partition coefficient (Wildman–Crippen LogP) is 14.7. The molecule has 0 aliphatic carbocycles. The third kappa shape index (κ3) is 5.23. The molecule has 5 heteroatoms. The summed E-state index contributed by atoms with van der Waals surface area (Å²) in [6.45, 7) is 20.7. The lowest BCUT2D eigenvalue weighted by Gasteiger charge is -2.42. The Labute approximate surface area is 362 Å². The summed E-state index contributed by atoms with van der Waals surface area (Å²) in [6.07, 6.45) is 0. The van der Waals surface area contributed by atoms with Crippen molar-refractivity contribution in [3.8, 4) is 27.3 Å². The molecule has 3 aromatic heterocycles. The van der Waals surface area contributed by atoms with E-state index in [4.69, 9.17) is 4.42 Å². The van der Waals surface area contributed by atoms with Crippen LogP contribution in [0.4, 0.5) is 11.4 Å². The number of fused-ring (bicyclic) bond motifs is 14. The van der Waals surface area contributed by atoms with Crippen molar-refractivity contribution in [2.75, 3.05) is 4.81 Å². The van der Waals surface area contributed by atoms with E-state index in [9.17, 15) is 0 Å². The summed E-state index contributed by atoms with van der Waals surface area (Å²) >= 11 is 1.89. The van der Waals surface area contributed by atoms with Gasteiger partial charge in [0.25, 0.3) is 0 Å². The Bertz CT molecular complexity index is 3470. The van der Waals surface area contributed by atoms with Crippen LogP contribution < -0.4 is 15.7 Å². The summed E-state index contributed by atoms with van der Waals surface area (Å²) in [5.41, 5.74) is 18.3. The van der Waals surface area contributed by atoms with Gasteiger partial charge in [0.2, 0.25) is 0 Å². The van der Waals surface area contributed by atoms with E-state index >= 15 is 0 Å². The van der Waals surface area contributed by atoms with Gasteiger partial charge in [0.15, 0.2) is 0 Å². The van der Waals surface area contributed by atoms with Crippen molar-refractivity contribution in [3.63, 3.8) is 0 Å². The third-order valence-electron chi connectivity index (χ3n) is 13.6. The highest BCUT2D eigenvalue weighted by Crippen LogP contribution is 2.52. The second-order valence-corrected chi connectivity index (χ2v) is 21.7. The minimum absolute atomic E-state index is 0.0235. The minimum Gasteiger partial charge on any atom is -0.455 e. The first-order chi connectivity index (χ1) is 29.1. The molecular weight excluding hydrogens is 760 g/mol. The number of nitrogens with zero attached hydrogens (tertiary/aromatic N) is 2. The average Bonchev–Trinajstić information content (AvgIpc) is 3.93. The summed E-state index contributed by atoms with van der Waals surface area (Å²) in [5.74, 6) is 0. The number of aromatic nitrogens is 1. The van der Waals surface area contributed by atoms with Crippen LogP contribution in [0.25, 0.3) is 81.1 Å². The Morgan fingerprint density at radius 2 is 1.25 bits per heavy atom. The normalized spacial score (nSPS) is 13.9. The molecule has 0 saturated heterocycles. The van der Waals surface area contributed by atoms with Crippen LogP contribution in [-0.2, 0) is 16.2 Å². The standard InChI is InChI=1S/C56H49BN2OS/c1-54(2,3)34-19-23-37(24-20-34)59-43-26-22-36(56(7,8)9)30-40(43)50-51-52-48(49-38-17-13-14-18-45(38)60-53(49)50)39-29-35(55(4,5)6)21-25-42(39)58(52)44-31-47-33(27-41(44)57(51)59)28-46(61-47)32-15-11-10-12-16-32/h10-31H,1-9H3. The Hall–Kier alpha value is -6.04. The second-order valence-electron chi connectivity index (χ2n) is 20.6. The first kappa shape index (κ1) is 36.8. The van der Waals surface area contributed by atoms with E-state index in [1.807, 2.05) is 11.3 Å². The zero-order valence-electron chi connectivity index (χ0n) is 36.5. The van der Waals surface area contributed by atoms with E-state index in [0.29, 0.717) is 0 Å². The Kier molecular flexibility index (Phi) is 7.41. The van der Waals surface area contributed by atoms with Gasteiger partial charge < -0.3 is 13.8 Å². The molecule has 0 N–H and O–H groups in total. The highest BCUT2D eigenvalue weighted by atomic mass is 32.1. The Balaban J connectivity index is 1.30. The molecule has 2 aliphatic rings. The van der Waals surface area contributed by atoms with Crippen molar-refractivity contribution in [2.45, 2.75) is 78.6 Å². The molecule has 0 saturated carbocycles. The topological polar surface area (TPSA) is 21.3 Å². The van der Waals surface area contributed by atoms with Gasteiger partial charge >= 0.3 is 6.85 Å². The molecule has 0 radical (unpaired) electrons. The maximum Gasteiger partial charge on any atom is 0.333 e. The Morgan fingerprint density at radius 1 is 0.574 bits per heavy atom. The fourth-order valence-electron chi connectivity index (χ4n) is 10.4. The van der Waals surface area contributed by atoms with Crippen molar-refractivity contribution < 1.29 is 4.42 Å². The van der Waals surface area contributed by atoms with Gasteiger partial charge in [-0.3, -0.25) is 0 Å². The Morgan fingerprint density at radius 3 is 1.98 bits per heavy atom. The summed E-state index contributed by atoms with van der Waals surface area (Å²) < 4.78 is 11.2. The van der Waals surface area contributed by atoms with Crippen LogP contribution in [0.1, 0.15) is 79.0 Å². The van der Waals surface area contributed by atoms with Crippen LogP contribution in [0.2, 0.25) is 0 Å². The van der Waals surface area contributed by atoms with E-state index in [-0.39, 0.29) is 23.1 Å². The zero-order valence-corrected chi connectivity index (χ0v) is 37.3. The van der Waals surface area contributed by atoms with Crippen molar-refractivity contribution in [2.24, 2.45) is 0 Å². The van der Waals surface area contributed by atoms with Crippen molar-refractivity contribution in [1.82, 2.24) is 4.57 Å². The fourth-order valence-corrected chi connectivity index (χ4v) is 11.5. The van der Waals surface area contributed by atoms with Crippen LogP contribution in [0.15, 0.2) is 138 Å². The summed E-state index contributed by atoms with van der Waals surface area (Å²) in [5, 5.41) is 6.21. The number of hydrogen-bond donors (Lipinski definition) is 0. The smallest absolute Gasteiger partial charge is 0.333 e. The van der Waals surface area contributed by atoms with Gasteiger partial charge in [0, 0.05) is 59.3 Å². The quantitative estimate of drug-likeness (QED) is 0.162. The molecule has 0 unspecified atom stereocenters. The largest absolute Gasteiger partial charge is 0.455 e. The molecule has 7 aromatic carbocycles. The van der Waals surface area contributed by atoms with E-state index in [0.717, 1.165) is 16.6 Å². The van der Waals surface area contributed by atoms with Crippen LogP contribution in [0, 0.1) is 0 Å². The zero-order chi connectivity index (χ0) is 41.9. The molecule has 0 spiro atoms. The second kappa shape index (κ2) is 12.3. The van der Waals surface area contributed by atoms with Crippen molar-refractivity contribution in [1.29, 1.82) is 0 Å². The van der Waals surface area contributed by atoms with E-state index in [1.54, 1.807) is 0 Å². The fraction of sp³-hybridized carbons (Fsp3) is 0.214. The SMILES string of the molecule is CC(C)(C)c1ccc(N2B3c4cc5cc(-c6ccccc6)sc5cc4-n4c5ccc(C(C)(C)C)cc5c5c6c(oc7ccccc76)c(c3c54)-c3cc(C(C)(C)C)ccc32)cc1. The first-order valence-corrected chi connectivity index (χ1v) is 22.6. The number of furan rings is 1. The van der Waals surface area contributed by atoms with Crippen LogP contribution in [-0.4, -0.2) is 11.4 Å². The van der Waals surface area contributed by atoms with Crippen molar-refractivity contribution >= 4 is 94.3 Å². The number of benzene rings is 7. The van der Waals surface area contributed by atoms with Gasteiger partial charge in [-0.1, -0.05) is 141 Å². The molecule has 0 atom stereocenters. The average molecular weight is 809 g/mol. The van der Waals surface area contributed by atoms with Crippen LogP contribution in [0.3, 0.4) is 0 Å². The maximum absolute atomic E-state index is 7.25. The number of rotatable bonds is 2. The maximum atomic E-state index is 7.25. The summed E-state index contributed by atoms with van der Waals surface area (Å²) in [6, 6.07) is 50.8. The number of anilines is 2. The van der Waals surface area contributed by atoms with Gasteiger partial charge in [0.05, 0.1) is 11.0 Å². The number of para-hydroxylation sites is 1. The van der Waals surface area contributed by atoms with Gasteiger partial charge in [-0.05, 0) is 109 Å². The van der Waals surface area contributed by atoms with Crippen LogP contribution >= 0.6 is 11.3 Å². The van der Waals surface area contributed by atoms with Gasteiger partial charge in [0.1, 0.15) is 11.2 Å². The molecule has 0 amide bonds. The van der Waals surface area contributed by atoms with Crippen molar-refractivity contribution in [3.05, 3.63) is 150 Å². The molecule has 2 aliphatic heterocycles. The number of hydrogen-bond acceptors (Lipinski definition) is 3. The predicted molar refractivity (Wildman–Crippen MR) is 264 cm³/mol. The lowest BCUT2D eigenvalue weighted by molar-refractivity contribution is 0.590. The van der Waals surface area contributed by atoms with E-state index < -0.39 is 0 Å². The van der Waals surface area contributed by atoms with E-state index in [2.05, 4.69) is 205 Å². The first-order valence-electron chi connectivity index (χ1n) is 21.8. The molecule has 5 heterocycles. The molecule has 0 fully saturated rings. The lowest BCUT2D eigenvalue weighted by Crippen LogP contribution is -2.60. The van der Waals surface area contributed by atoms with Gasteiger partial charge in [-0.2, -0.15) is 0 Å². The molecule has 61 heavy (non-hydrogen) atoms. The van der Waals surface area contributed by atoms with Gasteiger partial charge in [-0.15, -0.1) is 11.3 Å².